The van der Waals surface area contributed by atoms with Gasteiger partial charge in [-0.3, -0.25) is 14.6 Å². The fraction of sp³-hybridized carbons (Fsp3) is 0.192. The number of ether oxygens (including phenoxy) is 2. The summed E-state index contributed by atoms with van der Waals surface area (Å²) in [5.74, 6) is -0.950. The number of nitrogens with zero attached hydrogens (tertiary/aromatic N) is 2. The summed E-state index contributed by atoms with van der Waals surface area (Å²) in [5, 5.41) is 11.4. The summed E-state index contributed by atoms with van der Waals surface area (Å²) >= 11 is 0. The van der Waals surface area contributed by atoms with E-state index in [1.54, 1.807) is 36.5 Å². The highest BCUT2D eigenvalue weighted by atomic mass is 16.5. The van der Waals surface area contributed by atoms with Crippen molar-refractivity contribution in [3.8, 4) is 11.5 Å². The Labute approximate surface area is 191 Å². The lowest BCUT2D eigenvalue weighted by Gasteiger charge is -2.25. The molecule has 0 saturated carbocycles. The zero-order valence-corrected chi connectivity index (χ0v) is 18.6. The molecule has 1 aromatic heterocycles. The topological polar surface area (TPSA) is 89.0 Å². The molecule has 7 nitrogen and oxygen atoms in total. The van der Waals surface area contributed by atoms with Crippen LogP contribution >= 0.6 is 0 Å². The van der Waals surface area contributed by atoms with Crippen molar-refractivity contribution in [3.63, 3.8) is 0 Å². The Hall–Kier alpha value is -4.13. The van der Waals surface area contributed by atoms with Crippen LogP contribution < -0.4 is 9.47 Å². The van der Waals surface area contributed by atoms with Crippen LogP contribution in [0.4, 0.5) is 0 Å². The number of carbonyl (C=O) groups is 2. The van der Waals surface area contributed by atoms with E-state index in [4.69, 9.17) is 9.47 Å². The second kappa shape index (κ2) is 9.16. The van der Waals surface area contributed by atoms with E-state index < -0.39 is 17.7 Å². The van der Waals surface area contributed by atoms with Gasteiger partial charge in [0.15, 0.2) is 0 Å². The lowest BCUT2D eigenvalue weighted by Crippen LogP contribution is -2.29. The van der Waals surface area contributed by atoms with Crippen molar-refractivity contribution in [1.82, 2.24) is 9.88 Å². The molecule has 2 aromatic carbocycles. The number of ketones is 1. The molecule has 0 aliphatic carbocycles. The third-order valence-electron chi connectivity index (χ3n) is 5.62. The van der Waals surface area contributed by atoms with Crippen LogP contribution in [0.3, 0.4) is 0 Å². The van der Waals surface area contributed by atoms with Crippen LogP contribution in [-0.4, -0.2) is 40.9 Å². The predicted molar refractivity (Wildman–Crippen MR) is 123 cm³/mol. The third kappa shape index (κ3) is 4.17. The Morgan fingerprint density at radius 1 is 1.03 bits per heavy atom. The smallest absolute Gasteiger partial charge is 0.296 e. The molecular weight excluding hydrogens is 420 g/mol. The van der Waals surface area contributed by atoms with Gasteiger partial charge in [0.2, 0.25) is 0 Å². The van der Waals surface area contributed by atoms with Gasteiger partial charge in [-0.2, -0.15) is 0 Å². The summed E-state index contributed by atoms with van der Waals surface area (Å²) in [6.07, 6.45) is 1.63. The fourth-order valence-electron chi connectivity index (χ4n) is 4.04. The molecule has 4 rings (SSSR count). The summed E-state index contributed by atoms with van der Waals surface area (Å²) in [6, 6.07) is 17.0. The van der Waals surface area contributed by atoms with Gasteiger partial charge in [-0.05, 0) is 42.8 Å². The van der Waals surface area contributed by atoms with E-state index in [9.17, 15) is 14.7 Å². The fourth-order valence-corrected chi connectivity index (χ4v) is 4.04. The van der Waals surface area contributed by atoms with Gasteiger partial charge >= 0.3 is 0 Å². The van der Waals surface area contributed by atoms with Gasteiger partial charge in [0, 0.05) is 6.20 Å². The van der Waals surface area contributed by atoms with Crippen LogP contribution in [0.5, 0.6) is 11.5 Å². The van der Waals surface area contributed by atoms with Gasteiger partial charge in [-0.25, -0.2) is 0 Å². The molecule has 7 heteroatoms. The second-order valence-corrected chi connectivity index (χ2v) is 7.73. The molecular formula is C26H24N2O5. The molecule has 1 amide bonds. The molecule has 2 heterocycles. The molecule has 1 aliphatic heterocycles. The van der Waals surface area contributed by atoms with E-state index in [1.165, 1.54) is 19.1 Å². The average molecular weight is 444 g/mol. The monoisotopic (exact) mass is 444 g/mol. The number of benzene rings is 2. The van der Waals surface area contributed by atoms with Crippen molar-refractivity contribution in [2.45, 2.75) is 19.5 Å². The lowest BCUT2D eigenvalue weighted by atomic mass is 9.94. The number of methoxy groups -OCH3 is 2. The largest absolute Gasteiger partial charge is 0.507 e. The van der Waals surface area contributed by atoms with E-state index >= 15 is 0 Å². The summed E-state index contributed by atoms with van der Waals surface area (Å²) < 4.78 is 10.7. The average Bonchev–Trinajstić information content (AvgIpc) is 3.08. The molecule has 3 aromatic rings. The van der Waals surface area contributed by atoms with Crippen molar-refractivity contribution in [2.24, 2.45) is 0 Å². The molecule has 0 radical (unpaired) electrons. The number of aryl methyl sites for hydroxylation is 1. The number of likely N-dealkylation sites (tertiary alicyclic amines) is 1. The molecule has 168 valence electrons. The Morgan fingerprint density at radius 2 is 1.85 bits per heavy atom. The van der Waals surface area contributed by atoms with E-state index in [0.717, 1.165) is 5.56 Å². The molecule has 1 saturated heterocycles. The molecule has 1 unspecified atom stereocenters. The minimum absolute atomic E-state index is 0.00640. The number of aliphatic hydroxyl groups excluding tert-OH is 1. The normalized spacial score (nSPS) is 17.3. The molecule has 0 spiro atoms. The van der Waals surface area contributed by atoms with Crippen molar-refractivity contribution < 1.29 is 24.2 Å². The molecule has 1 atom stereocenters. The number of rotatable bonds is 6. The first-order valence-electron chi connectivity index (χ1n) is 10.4. The standard InChI is InChI=1S/C26H24N2O5/c1-16-7-6-8-17(13-16)23-22(24(29)20-14-19(32-2)10-11-21(20)33-3)25(30)26(31)28(23)15-18-9-4-5-12-27-18/h4-14,23,29H,15H2,1-3H3/b24-22+. The molecule has 33 heavy (non-hydrogen) atoms. The molecule has 0 bridgehead atoms. The number of amides is 1. The van der Waals surface area contributed by atoms with E-state index in [1.807, 2.05) is 37.3 Å². The zero-order valence-electron chi connectivity index (χ0n) is 18.6. The van der Waals surface area contributed by atoms with Gasteiger partial charge in [0.25, 0.3) is 11.7 Å². The maximum atomic E-state index is 13.2. The quantitative estimate of drug-likeness (QED) is 0.351. The molecule has 1 N–H and O–H groups in total. The van der Waals surface area contributed by atoms with Crippen molar-refractivity contribution in [1.29, 1.82) is 0 Å². The van der Waals surface area contributed by atoms with Crippen molar-refractivity contribution in [2.75, 3.05) is 14.2 Å². The van der Waals surface area contributed by atoms with Crippen LogP contribution in [0, 0.1) is 6.92 Å². The summed E-state index contributed by atoms with van der Waals surface area (Å²) in [7, 11) is 2.97. The van der Waals surface area contributed by atoms with Crippen LogP contribution in [0.15, 0.2) is 72.4 Å². The molecule has 1 fully saturated rings. The third-order valence-corrected chi connectivity index (χ3v) is 5.62. The van der Waals surface area contributed by atoms with Gasteiger partial charge < -0.3 is 19.5 Å². The second-order valence-electron chi connectivity index (χ2n) is 7.73. The predicted octanol–water partition coefficient (Wildman–Crippen LogP) is 4.03. The Balaban J connectivity index is 1.92. The van der Waals surface area contributed by atoms with E-state index in [-0.39, 0.29) is 23.4 Å². The minimum Gasteiger partial charge on any atom is -0.507 e. The van der Waals surface area contributed by atoms with Gasteiger partial charge in [-0.1, -0.05) is 35.9 Å². The van der Waals surface area contributed by atoms with Crippen molar-refractivity contribution in [3.05, 3.63) is 94.8 Å². The van der Waals surface area contributed by atoms with Crippen LogP contribution in [0.2, 0.25) is 0 Å². The summed E-state index contributed by atoms with van der Waals surface area (Å²) in [5.41, 5.74) is 2.58. The Kier molecular flexibility index (Phi) is 6.13. The first-order valence-corrected chi connectivity index (χ1v) is 10.4. The minimum atomic E-state index is -0.789. The number of hydrogen-bond donors (Lipinski definition) is 1. The highest BCUT2D eigenvalue weighted by Gasteiger charge is 2.46. The van der Waals surface area contributed by atoms with Crippen LogP contribution in [-0.2, 0) is 16.1 Å². The Bertz CT molecular complexity index is 1240. The number of carbonyl (C=O) groups excluding carboxylic acids is 2. The lowest BCUT2D eigenvalue weighted by molar-refractivity contribution is -0.140. The van der Waals surface area contributed by atoms with Crippen molar-refractivity contribution >= 4 is 17.4 Å². The zero-order chi connectivity index (χ0) is 23.5. The maximum Gasteiger partial charge on any atom is 0.296 e. The van der Waals surface area contributed by atoms with E-state index in [0.29, 0.717) is 22.8 Å². The number of pyridine rings is 1. The summed E-state index contributed by atoms with van der Waals surface area (Å²) in [6.45, 7) is 2.05. The number of hydrogen-bond acceptors (Lipinski definition) is 6. The summed E-state index contributed by atoms with van der Waals surface area (Å²) in [4.78, 5) is 32.1. The van der Waals surface area contributed by atoms with Crippen LogP contribution in [0.25, 0.3) is 5.76 Å². The highest BCUT2D eigenvalue weighted by Crippen LogP contribution is 2.42. The van der Waals surface area contributed by atoms with Gasteiger partial charge in [-0.15, -0.1) is 0 Å². The van der Waals surface area contributed by atoms with E-state index in [2.05, 4.69) is 4.98 Å². The van der Waals surface area contributed by atoms with Gasteiger partial charge in [0.05, 0.1) is 43.6 Å². The first kappa shape index (κ1) is 22.1. The number of Topliss-reactive ketones (excluding diaryl/α,β-unsaturated/α-hetero) is 1. The molecule has 1 aliphatic rings. The maximum absolute atomic E-state index is 13.2. The Morgan fingerprint density at radius 3 is 2.52 bits per heavy atom. The SMILES string of the molecule is COc1ccc(OC)c(/C(O)=C2\C(=O)C(=O)N(Cc3ccccn3)C2c2cccc(C)c2)c1. The number of aliphatic hydroxyl groups is 1. The first-order chi connectivity index (χ1) is 15.9. The highest BCUT2D eigenvalue weighted by molar-refractivity contribution is 6.46. The van der Waals surface area contributed by atoms with Crippen LogP contribution in [0.1, 0.15) is 28.4 Å². The van der Waals surface area contributed by atoms with Gasteiger partial charge in [0.1, 0.15) is 17.3 Å². The number of aromatic nitrogens is 1.